The van der Waals surface area contributed by atoms with Crippen molar-refractivity contribution in [3.05, 3.63) is 168 Å². The van der Waals surface area contributed by atoms with Gasteiger partial charge < -0.3 is 31.1 Å². The minimum absolute atomic E-state index is 0.0520. The van der Waals surface area contributed by atoms with E-state index in [1.807, 2.05) is 51.3 Å². The summed E-state index contributed by atoms with van der Waals surface area (Å²) in [7, 11) is 0. The zero-order valence-electron chi connectivity index (χ0n) is 48.8. The van der Waals surface area contributed by atoms with Crippen LogP contribution in [0.3, 0.4) is 0 Å². The number of hydrogen-bond acceptors (Lipinski definition) is 14. The molecule has 28 heteroatoms. The van der Waals surface area contributed by atoms with Crippen LogP contribution in [0.4, 0.5) is 31.5 Å². The third-order valence-corrected chi connectivity index (χ3v) is 18.5. The second-order valence-electron chi connectivity index (χ2n) is 21.5. The van der Waals surface area contributed by atoms with Gasteiger partial charge in [0.1, 0.15) is 34.6 Å². The first-order valence-electron chi connectivity index (χ1n) is 27.5. The lowest BCUT2D eigenvalue weighted by atomic mass is 10.0. The molecule has 0 aliphatic carbocycles. The number of piperazine rings is 2. The van der Waals surface area contributed by atoms with Gasteiger partial charge in [-0.15, -0.1) is 0 Å². The molecule has 2 saturated heterocycles. The Balaban J connectivity index is 0.000000213. The Morgan fingerprint density at radius 3 is 1.20 bits per heavy atom. The molecule has 2 fully saturated rings. The van der Waals surface area contributed by atoms with Crippen LogP contribution in [-0.4, -0.2) is 103 Å². The normalized spacial score (nSPS) is 13.4. The molecule has 0 atom stereocenters. The van der Waals surface area contributed by atoms with E-state index in [0.717, 1.165) is 0 Å². The molecule has 8 aromatic rings. The van der Waals surface area contributed by atoms with Gasteiger partial charge in [0, 0.05) is 75.5 Å². The molecule has 0 bridgehead atoms. The summed E-state index contributed by atoms with van der Waals surface area (Å²) in [5.74, 6) is -2.70. The molecule has 2 aliphatic heterocycles. The average Bonchev–Trinajstić information content (AvgIpc) is 0.747. The lowest BCUT2D eigenvalue weighted by Gasteiger charge is -2.36. The average molecular weight is 1380 g/mol. The second kappa shape index (κ2) is 26.6. The summed E-state index contributed by atoms with van der Waals surface area (Å²) in [4.78, 5) is 78.8. The van der Waals surface area contributed by atoms with E-state index in [1.54, 1.807) is 34.3 Å². The van der Waals surface area contributed by atoms with Crippen LogP contribution in [-0.2, 0) is 9.59 Å². The van der Waals surface area contributed by atoms with E-state index in [1.165, 1.54) is 33.4 Å². The fourth-order valence-corrected chi connectivity index (χ4v) is 12.9. The van der Waals surface area contributed by atoms with E-state index < -0.39 is 32.8 Å². The summed E-state index contributed by atoms with van der Waals surface area (Å²) in [6.07, 6.45) is 5.74. The van der Waals surface area contributed by atoms with E-state index in [2.05, 4.69) is 35.3 Å². The first kappa shape index (κ1) is 66.7. The molecule has 4 N–H and O–H groups in total. The van der Waals surface area contributed by atoms with Crippen molar-refractivity contribution in [1.82, 2.24) is 38.9 Å². The van der Waals surface area contributed by atoms with E-state index in [4.69, 9.17) is 114 Å². The molecule has 2 aliphatic rings. The van der Waals surface area contributed by atoms with Crippen LogP contribution in [0.1, 0.15) is 73.2 Å². The molecule has 464 valence electrons. The molecule has 18 nitrogen and oxygen atoms in total. The van der Waals surface area contributed by atoms with Crippen molar-refractivity contribution in [2.45, 2.75) is 53.4 Å². The number of nitriles is 2. The predicted octanol–water partition coefficient (Wildman–Crippen LogP) is 13.8. The number of nitrogens with zero attached hydrogens (tertiary/aromatic N) is 12. The summed E-state index contributed by atoms with van der Waals surface area (Å²) in [5.41, 5.74) is 13.3. The van der Waals surface area contributed by atoms with Gasteiger partial charge >= 0.3 is 0 Å². The predicted molar refractivity (Wildman–Crippen MR) is 355 cm³/mol. The zero-order valence-corrected chi connectivity index (χ0v) is 54.8. The van der Waals surface area contributed by atoms with Crippen LogP contribution in [0.25, 0.3) is 56.0 Å². The van der Waals surface area contributed by atoms with Crippen LogP contribution in [0.5, 0.6) is 0 Å². The molecule has 0 spiro atoms. The highest BCUT2D eigenvalue weighted by Crippen LogP contribution is 2.49. The molecular formula is C62H52Cl8F2N14O4. The highest BCUT2D eigenvalue weighted by molar-refractivity contribution is 6.48. The number of amides is 2. The maximum absolute atomic E-state index is 15.7. The van der Waals surface area contributed by atoms with Crippen molar-refractivity contribution in [2.24, 2.45) is 0 Å². The number of nitrogen functional groups attached to an aromatic ring is 2. The summed E-state index contributed by atoms with van der Waals surface area (Å²) in [5, 5.41) is 19.4. The standard InChI is InChI=1S/2C31H26Cl4FN7O2/c2*1-5-19(44)41-8-10-42(11-9-41)29-16-12-18(32)27(20-21(33)25(38)23(35)22(34)24(20)36)40-30(16)43(31(45)17(29)13-37)28-15(4)6-7-39-26(28)14(2)3/h2*5-7,12,14H,1,8-11,38H2,2-4H3. The lowest BCUT2D eigenvalue weighted by Crippen LogP contribution is -2.49. The van der Waals surface area contributed by atoms with Crippen molar-refractivity contribution < 1.29 is 18.4 Å². The third-order valence-electron chi connectivity index (χ3n) is 15.5. The highest BCUT2D eigenvalue weighted by Gasteiger charge is 2.34. The van der Waals surface area contributed by atoms with E-state index in [9.17, 15) is 29.7 Å². The third kappa shape index (κ3) is 11.6. The molecule has 0 saturated carbocycles. The minimum atomic E-state index is -0.999. The Bertz CT molecular complexity index is 4260. The van der Waals surface area contributed by atoms with Gasteiger partial charge in [-0.3, -0.25) is 38.3 Å². The Morgan fingerprint density at radius 1 is 0.567 bits per heavy atom. The van der Waals surface area contributed by atoms with Crippen molar-refractivity contribution in [1.29, 1.82) is 10.5 Å². The summed E-state index contributed by atoms with van der Waals surface area (Å²) in [6.45, 7) is 20.9. The van der Waals surface area contributed by atoms with Crippen molar-refractivity contribution in [3.63, 3.8) is 0 Å². The van der Waals surface area contributed by atoms with Crippen molar-refractivity contribution in [3.8, 4) is 46.0 Å². The minimum Gasteiger partial charge on any atom is -0.396 e. The molecular weight excluding hydrogens is 1330 g/mol. The fraction of sp³-hybridized carbons (Fsp3) is 0.258. The van der Waals surface area contributed by atoms with Crippen LogP contribution < -0.4 is 32.4 Å². The van der Waals surface area contributed by atoms with Gasteiger partial charge in [0.25, 0.3) is 11.1 Å². The smallest absolute Gasteiger partial charge is 0.276 e. The summed E-state index contributed by atoms with van der Waals surface area (Å²) >= 11 is 51.1. The van der Waals surface area contributed by atoms with Crippen molar-refractivity contribution in [2.75, 3.05) is 73.6 Å². The van der Waals surface area contributed by atoms with Gasteiger partial charge in [-0.1, -0.05) is 134 Å². The largest absolute Gasteiger partial charge is 0.396 e. The van der Waals surface area contributed by atoms with Crippen LogP contribution in [0.15, 0.2) is 71.6 Å². The number of fused-ring (bicyclic) bond motifs is 2. The number of carbonyl (C=O) groups excluding carboxylic acids is 2. The first-order chi connectivity index (χ1) is 42.7. The number of rotatable bonds is 10. The van der Waals surface area contributed by atoms with Gasteiger partial charge in [0.2, 0.25) is 11.8 Å². The highest BCUT2D eigenvalue weighted by atomic mass is 35.5. The first-order valence-corrected chi connectivity index (χ1v) is 30.6. The summed E-state index contributed by atoms with van der Waals surface area (Å²) < 4.78 is 34.0. The molecule has 2 aromatic carbocycles. The quantitative estimate of drug-likeness (QED) is 0.0560. The maximum Gasteiger partial charge on any atom is 0.276 e. The Kier molecular flexibility index (Phi) is 19.7. The molecule has 6 aromatic heterocycles. The summed E-state index contributed by atoms with van der Waals surface area (Å²) in [6, 6.07) is 10.7. The Labute approximate surface area is 554 Å². The topological polar surface area (TPSA) is 242 Å². The lowest BCUT2D eigenvalue weighted by molar-refractivity contribution is -0.127. The number of nitrogens with two attached hydrogens (primary N) is 2. The molecule has 90 heavy (non-hydrogen) atoms. The molecule has 8 heterocycles. The number of pyridine rings is 6. The molecule has 10 rings (SSSR count). The molecule has 2 amide bonds. The number of aryl methyl sites for hydroxylation is 2. The number of halogens is 10. The number of benzene rings is 2. The monoisotopic (exact) mass is 1370 g/mol. The second-order valence-corrected chi connectivity index (χ2v) is 24.6. The number of aromatic nitrogens is 6. The van der Waals surface area contributed by atoms with E-state index >= 15 is 8.78 Å². The SMILES string of the molecule is C=CC(=O)N1CCN(c2c(C#N)c(=O)n(-c3c(C)ccnc3C(C)C)c3nc(-c4c(F)c(Cl)c(Cl)c(N)c4Cl)c(Cl)cc23)CC1.C=CC(=O)N1CCN(c2c(C#N)c(=O)n(-c3c(C)ccnc3C(C)C)c3nc(-c4c(F)c(Cl)c(Cl)c(N)c4Cl)c(Cl)cc23)CC1. The van der Waals surface area contributed by atoms with Gasteiger partial charge in [0.05, 0.1) is 108 Å². The Hall–Kier alpha value is -7.76. The zero-order chi connectivity index (χ0) is 65.8. The van der Waals surface area contributed by atoms with Gasteiger partial charge in [0.15, 0.2) is 11.6 Å². The van der Waals surface area contributed by atoms with E-state index in [0.29, 0.717) is 97.0 Å². The van der Waals surface area contributed by atoms with Gasteiger partial charge in [-0.25, -0.2) is 18.7 Å². The number of hydrogen-bond donors (Lipinski definition) is 2. The maximum atomic E-state index is 15.7. The number of carbonyl (C=O) groups is 2. The van der Waals surface area contributed by atoms with E-state index in [-0.39, 0.29) is 121 Å². The molecule has 0 unspecified atom stereocenters. The van der Waals surface area contributed by atoms with Crippen LogP contribution in [0.2, 0.25) is 40.2 Å². The van der Waals surface area contributed by atoms with Gasteiger partial charge in [-0.2, -0.15) is 10.5 Å². The van der Waals surface area contributed by atoms with Crippen LogP contribution >= 0.6 is 92.8 Å². The van der Waals surface area contributed by atoms with Crippen LogP contribution in [0, 0.1) is 48.1 Å². The van der Waals surface area contributed by atoms with Gasteiger partial charge in [-0.05, 0) is 73.2 Å². The Morgan fingerprint density at radius 2 is 0.900 bits per heavy atom. The molecule has 0 radical (unpaired) electrons. The van der Waals surface area contributed by atoms with Crippen molar-refractivity contribution >= 4 is 149 Å². The fourth-order valence-electron chi connectivity index (χ4n) is 11.0. The number of anilines is 4.